The normalized spacial score (nSPS) is 10.6. The molecule has 0 bridgehead atoms. The van der Waals surface area contributed by atoms with Crippen LogP contribution in [0.4, 0.5) is 10.1 Å². The molecular weight excluding hydrogens is 307 g/mol. The topological polar surface area (TPSA) is 61.9 Å². The van der Waals surface area contributed by atoms with Gasteiger partial charge in [-0.1, -0.05) is 24.3 Å². The molecule has 1 N–H and O–H groups in total. The van der Waals surface area contributed by atoms with Crippen LogP contribution in [0.2, 0.25) is 0 Å². The van der Waals surface area contributed by atoms with Crippen molar-refractivity contribution in [2.45, 2.75) is 19.9 Å². The van der Waals surface area contributed by atoms with Gasteiger partial charge in [0.1, 0.15) is 18.0 Å². The van der Waals surface area contributed by atoms with Crippen molar-refractivity contribution in [1.82, 2.24) is 15.2 Å². The number of halogens is 1. The third-order valence-corrected chi connectivity index (χ3v) is 3.81. The SMILES string of the molecule is Cc1ccccc1CN(C(=O)Cc1ncn[nH]1)c1ccc(F)cc1. The standard InChI is InChI=1S/C18H17FN4O/c1-13-4-2-3-5-14(13)11-23(16-8-6-15(19)7-9-16)18(24)10-17-20-12-21-22-17/h2-9,12H,10-11H2,1H3,(H,20,21,22). The Morgan fingerprint density at radius 1 is 1.17 bits per heavy atom. The molecule has 122 valence electrons. The van der Waals surface area contributed by atoms with Gasteiger partial charge in [0.2, 0.25) is 5.91 Å². The average molecular weight is 324 g/mol. The fourth-order valence-corrected chi connectivity index (χ4v) is 2.46. The molecule has 0 aliphatic heterocycles. The summed E-state index contributed by atoms with van der Waals surface area (Å²) in [4.78, 5) is 18.4. The Kier molecular flexibility index (Phi) is 4.65. The molecule has 3 aromatic rings. The second-order valence-corrected chi connectivity index (χ2v) is 5.49. The summed E-state index contributed by atoms with van der Waals surface area (Å²) in [6.07, 6.45) is 1.47. The lowest BCUT2D eigenvalue weighted by Gasteiger charge is -2.23. The largest absolute Gasteiger partial charge is 0.308 e. The molecule has 5 nitrogen and oxygen atoms in total. The van der Waals surface area contributed by atoms with E-state index in [1.165, 1.54) is 18.5 Å². The number of amides is 1. The van der Waals surface area contributed by atoms with Gasteiger partial charge in [-0.15, -0.1) is 0 Å². The van der Waals surface area contributed by atoms with E-state index in [9.17, 15) is 9.18 Å². The summed E-state index contributed by atoms with van der Waals surface area (Å²) in [6.45, 7) is 2.41. The van der Waals surface area contributed by atoms with E-state index in [4.69, 9.17) is 0 Å². The molecule has 1 heterocycles. The van der Waals surface area contributed by atoms with Crippen molar-refractivity contribution < 1.29 is 9.18 Å². The van der Waals surface area contributed by atoms with Crippen molar-refractivity contribution in [3.63, 3.8) is 0 Å². The van der Waals surface area contributed by atoms with Crippen LogP contribution in [0.25, 0.3) is 0 Å². The molecule has 3 rings (SSSR count). The van der Waals surface area contributed by atoms with E-state index in [2.05, 4.69) is 15.2 Å². The maximum Gasteiger partial charge on any atom is 0.234 e. The van der Waals surface area contributed by atoms with E-state index >= 15 is 0 Å². The first-order valence-corrected chi connectivity index (χ1v) is 7.58. The van der Waals surface area contributed by atoms with E-state index in [0.717, 1.165) is 11.1 Å². The molecule has 0 aliphatic carbocycles. The Bertz CT molecular complexity index is 815. The summed E-state index contributed by atoms with van der Waals surface area (Å²) in [5.74, 6) is 0.0239. The molecule has 0 spiro atoms. The van der Waals surface area contributed by atoms with Crippen molar-refractivity contribution in [2.24, 2.45) is 0 Å². The van der Waals surface area contributed by atoms with Crippen LogP contribution in [0, 0.1) is 12.7 Å². The smallest absolute Gasteiger partial charge is 0.234 e. The number of anilines is 1. The highest BCUT2D eigenvalue weighted by Crippen LogP contribution is 2.20. The fraction of sp³-hybridized carbons (Fsp3) is 0.167. The number of aromatic amines is 1. The zero-order valence-corrected chi connectivity index (χ0v) is 13.2. The highest BCUT2D eigenvalue weighted by atomic mass is 19.1. The number of aryl methyl sites for hydroxylation is 1. The van der Waals surface area contributed by atoms with Crippen molar-refractivity contribution in [3.8, 4) is 0 Å². The molecule has 1 amide bonds. The van der Waals surface area contributed by atoms with E-state index in [1.54, 1.807) is 17.0 Å². The Morgan fingerprint density at radius 2 is 1.92 bits per heavy atom. The first-order valence-electron chi connectivity index (χ1n) is 7.58. The zero-order chi connectivity index (χ0) is 16.9. The number of aromatic nitrogens is 3. The second-order valence-electron chi connectivity index (χ2n) is 5.49. The third kappa shape index (κ3) is 3.65. The maximum atomic E-state index is 13.2. The lowest BCUT2D eigenvalue weighted by Crippen LogP contribution is -2.32. The quantitative estimate of drug-likeness (QED) is 0.785. The maximum absolute atomic E-state index is 13.2. The predicted molar refractivity (Wildman–Crippen MR) is 88.9 cm³/mol. The van der Waals surface area contributed by atoms with Crippen LogP contribution in [0.15, 0.2) is 54.9 Å². The number of hydrogen-bond donors (Lipinski definition) is 1. The van der Waals surface area contributed by atoms with Crippen LogP contribution in [0.3, 0.4) is 0 Å². The molecule has 0 aliphatic rings. The molecule has 0 saturated carbocycles. The number of nitrogens with one attached hydrogen (secondary N) is 1. The van der Waals surface area contributed by atoms with Gasteiger partial charge >= 0.3 is 0 Å². The number of H-pyrrole nitrogens is 1. The lowest BCUT2D eigenvalue weighted by molar-refractivity contribution is -0.118. The minimum absolute atomic E-state index is 0.100. The van der Waals surface area contributed by atoms with Gasteiger partial charge in [0, 0.05) is 5.69 Å². The van der Waals surface area contributed by atoms with Gasteiger partial charge in [-0.05, 0) is 42.3 Å². The van der Waals surface area contributed by atoms with Crippen molar-refractivity contribution in [1.29, 1.82) is 0 Å². The lowest BCUT2D eigenvalue weighted by atomic mass is 10.1. The molecule has 6 heteroatoms. The van der Waals surface area contributed by atoms with Crippen LogP contribution in [-0.4, -0.2) is 21.1 Å². The minimum atomic E-state index is -0.336. The minimum Gasteiger partial charge on any atom is -0.308 e. The summed E-state index contributed by atoms with van der Waals surface area (Å²) >= 11 is 0. The summed E-state index contributed by atoms with van der Waals surface area (Å²) in [7, 11) is 0. The molecule has 0 atom stereocenters. The van der Waals surface area contributed by atoms with E-state index in [-0.39, 0.29) is 18.1 Å². The van der Waals surface area contributed by atoms with E-state index in [1.807, 2.05) is 31.2 Å². The van der Waals surface area contributed by atoms with Gasteiger partial charge in [0.05, 0.1) is 13.0 Å². The van der Waals surface area contributed by atoms with Gasteiger partial charge in [-0.3, -0.25) is 9.89 Å². The Labute approximate surface area is 139 Å². The molecule has 0 radical (unpaired) electrons. The molecular formula is C18H17FN4O. The van der Waals surface area contributed by atoms with Gasteiger partial charge in [-0.25, -0.2) is 9.37 Å². The van der Waals surface area contributed by atoms with Crippen LogP contribution in [-0.2, 0) is 17.8 Å². The fourth-order valence-electron chi connectivity index (χ4n) is 2.46. The summed E-state index contributed by atoms with van der Waals surface area (Å²) in [5.41, 5.74) is 2.77. The van der Waals surface area contributed by atoms with Crippen molar-refractivity contribution in [3.05, 3.63) is 77.6 Å². The van der Waals surface area contributed by atoms with E-state index in [0.29, 0.717) is 18.1 Å². The van der Waals surface area contributed by atoms with Crippen LogP contribution >= 0.6 is 0 Å². The van der Waals surface area contributed by atoms with Crippen LogP contribution in [0.5, 0.6) is 0 Å². The highest BCUT2D eigenvalue weighted by Gasteiger charge is 2.18. The van der Waals surface area contributed by atoms with Crippen LogP contribution in [0.1, 0.15) is 17.0 Å². The average Bonchev–Trinajstić information content (AvgIpc) is 3.08. The number of carbonyl (C=O) groups is 1. The van der Waals surface area contributed by atoms with Gasteiger partial charge in [0.15, 0.2) is 0 Å². The highest BCUT2D eigenvalue weighted by molar-refractivity contribution is 5.94. The summed E-state index contributed by atoms with van der Waals surface area (Å²) < 4.78 is 13.2. The monoisotopic (exact) mass is 324 g/mol. The van der Waals surface area contributed by atoms with Crippen LogP contribution < -0.4 is 4.90 Å². The molecule has 0 unspecified atom stereocenters. The number of benzene rings is 2. The van der Waals surface area contributed by atoms with Gasteiger partial charge < -0.3 is 4.90 Å². The first-order chi connectivity index (χ1) is 11.6. The molecule has 0 fully saturated rings. The predicted octanol–water partition coefficient (Wildman–Crippen LogP) is 3.03. The number of hydrogen-bond acceptors (Lipinski definition) is 3. The number of carbonyl (C=O) groups excluding carboxylic acids is 1. The molecule has 1 aromatic heterocycles. The summed E-state index contributed by atoms with van der Waals surface area (Å²) in [5, 5.41) is 6.45. The van der Waals surface area contributed by atoms with E-state index < -0.39 is 0 Å². The molecule has 24 heavy (non-hydrogen) atoms. The number of rotatable bonds is 5. The first kappa shape index (κ1) is 15.9. The zero-order valence-electron chi connectivity index (χ0n) is 13.2. The molecule has 0 saturated heterocycles. The second kappa shape index (κ2) is 7.04. The van der Waals surface area contributed by atoms with Gasteiger partial charge in [-0.2, -0.15) is 5.10 Å². The molecule has 2 aromatic carbocycles. The number of nitrogens with zero attached hydrogens (tertiary/aromatic N) is 3. The Hall–Kier alpha value is -3.02. The Morgan fingerprint density at radius 3 is 2.58 bits per heavy atom. The van der Waals surface area contributed by atoms with Crippen molar-refractivity contribution in [2.75, 3.05) is 4.90 Å². The Balaban J connectivity index is 1.89. The van der Waals surface area contributed by atoms with Gasteiger partial charge in [0.25, 0.3) is 0 Å². The summed E-state index contributed by atoms with van der Waals surface area (Å²) in [6, 6.07) is 13.8. The van der Waals surface area contributed by atoms with Crippen molar-refractivity contribution >= 4 is 11.6 Å². The third-order valence-electron chi connectivity index (χ3n) is 3.81.